The SMILES string of the molecule is CCOc1cccc(-c2c(Nc3ccc(C)cc3C)oc3c2c(=O)n(CC)c2ccccc32)c1. The average molecular weight is 453 g/mol. The molecule has 5 nitrogen and oxygen atoms in total. The number of benzene rings is 3. The highest BCUT2D eigenvalue weighted by molar-refractivity contribution is 6.11. The third-order valence-corrected chi connectivity index (χ3v) is 6.19. The van der Waals surface area contributed by atoms with Crippen molar-refractivity contribution in [1.82, 2.24) is 4.57 Å². The zero-order valence-electron chi connectivity index (χ0n) is 19.9. The van der Waals surface area contributed by atoms with Gasteiger partial charge in [-0.2, -0.15) is 0 Å². The van der Waals surface area contributed by atoms with Gasteiger partial charge in [-0.3, -0.25) is 4.79 Å². The van der Waals surface area contributed by atoms with E-state index < -0.39 is 0 Å². The van der Waals surface area contributed by atoms with E-state index in [1.807, 2.05) is 73.0 Å². The summed E-state index contributed by atoms with van der Waals surface area (Å²) in [6.07, 6.45) is 0. The van der Waals surface area contributed by atoms with Crippen LogP contribution in [0.4, 0.5) is 11.6 Å². The molecule has 0 radical (unpaired) electrons. The first-order valence-corrected chi connectivity index (χ1v) is 11.7. The average Bonchev–Trinajstić information content (AvgIpc) is 3.21. The largest absolute Gasteiger partial charge is 0.494 e. The van der Waals surface area contributed by atoms with E-state index in [2.05, 4.69) is 31.3 Å². The van der Waals surface area contributed by atoms with E-state index in [1.54, 1.807) is 0 Å². The molecule has 5 heteroatoms. The number of aryl methyl sites for hydroxylation is 3. The van der Waals surface area contributed by atoms with Crippen LogP contribution in [0.15, 0.2) is 75.9 Å². The maximum absolute atomic E-state index is 13.8. The predicted molar refractivity (Wildman–Crippen MR) is 139 cm³/mol. The van der Waals surface area contributed by atoms with Gasteiger partial charge in [0.2, 0.25) is 5.88 Å². The molecule has 0 bridgehead atoms. The monoisotopic (exact) mass is 452 g/mol. The smallest absolute Gasteiger partial charge is 0.262 e. The zero-order valence-corrected chi connectivity index (χ0v) is 19.9. The molecule has 34 heavy (non-hydrogen) atoms. The van der Waals surface area contributed by atoms with Crippen LogP contribution in [0.1, 0.15) is 25.0 Å². The molecule has 0 amide bonds. The Morgan fingerprint density at radius 2 is 1.79 bits per heavy atom. The van der Waals surface area contributed by atoms with Gasteiger partial charge in [0.25, 0.3) is 5.56 Å². The van der Waals surface area contributed by atoms with Gasteiger partial charge in [0.15, 0.2) is 5.58 Å². The molecule has 5 aromatic rings. The number of furan rings is 1. The Balaban J connectivity index is 1.86. The first-order chi connectivity index (χ1) is 16.5. The van der Waals surface area contributed by atoms with E-state index in [1.165, 1.54) is 5.56 Å². The number of fused-ring (bicyclic) bond motifs is 3. The first kappa shape index (κ1) is 21.8. The molecule has 172 valence electrons. The molecule has 0 unspecified atom stereocenters. The summed E-state index contributed by atoms with van der Waals surface area (Å²) in [7, 11) is 0. The second-order valence-electron chi connectivity index (χ2n) is 8.48. The van der Waals surface area contributed by atoms with E-state index in [0.717, 1.165) is 39.0 Å². The molecular formula is C29H28N2O3. The Bertz CT molecular complexity index is 1580. The minimum Gasteiger partial charge on any atom is -0.494 e. The third-order valence-electron chi connectivity index (χ3n) is 6.19. The molecule has 0 saturated carbocycles. The summed E-state index contributed by atoms with van der Waals surface area (Å²) in [6.45, 7) is 9.22. The lowest BCUT2D eigenvalue weighted by Gasteiger charge is -2.11. The normalized spacial score (nSPS) is 11.3. The van der Waals surface area contributed by atoms with Crippen LogP contribution in [-0.4, -0.2) is 11.2 Å². The molecule has 0 aliphatic carbocycles. The molecule has 0 fully saturated rings. The van der Waals surface area contributed by atoms with Gasteiger partial charge in [0.05, 0.1) is 23.1 Å². The van der Waals surface area contributed by atoms with Crippen molar-refractivity contribution in [1.29, 1.82) is 0 Å². The summed E-state index contributed by atoms with van der Waals surface area (Å²) in [5.41, 5.74) is 6.23. The van der Waals surface area contributed by atoms with Crippen molar-refractivity contribution in [2.75, 3.05) is 11.9 Å². The summed E-state index contributed by atoms with van der Waals surface area (Å²) in [5, 5.41) is 4.96. The molecule has 2 heterocycles. The number of para-hydroxylation sites is 1. The summed E-state index contributed by atoms with van der Waals surface area (Å²) in [5.74, 6) is 1.30. The highest BCUT2D eigenvalue weighted by Gasteiger charge is 2.24. The molecule has 0 aliphatic heterocycles. The maximum atomic E-state index is 13.8. The topological polar surface area (TPSA) is 56.4 Å². The molecule has 0 atom stereocenters. The number of hydrogen-bond acceptors (Lipinski definition) is 4. The molecule has 2 aromatic heterocycles. The van der Waals surface area contributed by atoms with Crippen LogP contribution in [0, 0.1) is 13.8 Å². The summed E-state index contributed by atoms with van der Waals surface area (Å²) < 4.78 is 14.0. The van der Waals surface area contributed by atoms with Crippen LogP contribution in [0.2, 0.25) is 0 Å². The number of rotatable bonds is 6. The number of nitrogens with one attached hydrogen (secondary N) is 1. The van der Waals surface area contributed by atoms with E-state index in [9.17, 15) is 4.79 Å². The van der Waals surface area contributed by atoms with Crippen LogP contribution in [0.25, 0.3) is 33.0 Å². The molecular weight excluding hydrogens is 424 g/mol. The molecule has 3 aromatic carbocycles. The fraction of sp³-hybridized carbons (Fsp3) is 0.207. The van der Waals surface area contributed by atoms with Gasteiger partial charge in [-0.1, -0.05) is 42.0 Å². The highest BCUT2D eigenvalue weighted by atomic mass is 16.5. The maximum Gasteiger partial charge on any atom is 0.262 e. The predicted octanol–water partition coefficient (Wildman–Crippen LogP) is 7.19. The highest BCUT2D eigenvalue weighted by Crippen LogP contribution is 2.42. The number of nitrogens with zero attached hydrogens (tertiary/aromatic N) is 1. The van der Waals surface area contributed by atoms with Crippen LogP contribution in [0.3, 0.4) is 0 Å². The fourth-order valence-corrected chi connectivity index (χ4v) is 4.63. The Morgan fingerprint density at radius 1 is 0.971 bits per heavy atom. The third kappa shape index (κ3) is 3.63. The standard InChI is InChI=1S/C29H28N2O3/c1-5-31-24-13-8-7-12-22(24)27-26(29(31)32)25(20-10-9-11-21(17-20)33-6-2)28(34-27)30-23-15-14-18(3)16-19(23)4/h7-17,30H,5-6H2,1-4H3. The summed E-state index contributed by atoms with van der Waals surface area (Å²) in [4.78, 5) is 13.8. The van der Waals surface area contributed by atoms with Gasteiger partial charge >= 0.3 is 0 Å². The van der Waals surface area contributed by atoms with Crippen LogP contribution in [0.5, 0.6) is 5.75 Å². The van der Waals surface area contributed by atoms with E-state index in [-0.39, 0.29) is 5.56 Å². The van der Waals surface area contributed by atoms with Crippen molar-refractivity contribution in [2.45, 2.75) is 34.2 Å². The second kappa shape index (κ2) is 8.75. The summed E-state index contributed by atoms with van der Waals surface area (Å²) >= 11 is 0. The van der Waals surface area contributed by atoms with Crippen molar-refractivity contribution < 1.29 is 9.15 Å². The van der Waals surface area contributed by atoms with E-state index in [4.69, 9.17) is 9.15 Å². The van der Waals surface area contributed by atoms with Gasteiger partial charge in [-0.15, -0.1) is 0 Å². The van der Waals surface area contributed by atoms with Gasteiger partial charge in [0.1, 0.15) is 5.75 Å². The Kier molecular flexibility index (Phi) is 5.62. The van der Waals surface area contributed by atoms with Crippen LogP contribution in [-0.2, 0) is 6.54 Å². The van der Waals surface area contributed by atoms with Crippen molar-refractivity contribution >= 4 is 33.4 Å². The van der Waals surface area contributed by atoms with Crippen molar-refractivity contribution in [3.05, 3.63) is 88.2 Å². The van der Waals surface area contributed by atoms with E-state index in [0.29, 0.717) is 30.0 Å². The number of hydrogen-bond donors (Lipinski definition) is 1. The molecule has 0 saturated heterocycles. The zero-order chi connectivity index (χ0) is 23.8. The van der Waals surface area contributed by atoms with Crippen molar-refractivity contribution in [3.8, 4) is 16.9 Å². The van der Waals surface area contributed by atoms with Crippen LogP contribution >= 0.6 is 0 Å². The molecule has 0 spiro atoms. The van der Waals surface area contributed by atoms with Gasteiger partial charge in [-0.25, -0.2) is 0 Å². The lowest BCUT2D eigenvalue weighted by atomic mass is 10.0. The number of anilines is 2. The lowest BCUT2D eigenvalue weighted by molar-refractivity contribution is 0.340. The molecule has 5 rings (SSSR count). The van der Waals surface area contributed by atoms with Crippen LogP contribution < -0.4 is 15.6 Å². The number of ether oxygens (including phenoxy) is 1. The molecule has 1 N–H and O–H groups in total. The number of aromatic nitrogens is 1. The van der Waals surface area contributed by atoms with Gasteiger partial charge < -0.3 is 19.0 Å². The minimum absolute atomic E-state index is 0.0644. The second-order valence-corrected chi connectivity index (χ2v) is 8.48. The lowest BCUT2D eigenvalue weighted by Crippen LogP contribution is -2.19. The fourth-order valence-electron chi connectivity index (χ4n) is 4.63. The van der Waals surface area contributed by atoms with Gasteiger partial charge in [-0.05, 0) is 69.2 Å². The Morgan fingerprint density at radius 3 is 2.56 bits per heavy atom. The number of pyridine rings is 1. The van der Waals surface area contributed by atoms with Gasteiger partial charge in [0, 0.05) is 17.6 Å². The first-order valence-electron chi connectivity index (χ1n) is 11.7. The van der Waals surface area contributed by atoms with Crippen molar-refractivity contribution in [2.24, 2.45) is 0 Å². The minimum atomic E-state index is -0.0644. The Hall–Kier alpha value is -3.99. The van der Waals surface area contributed by atoms with Crippen molar-refractivity contribution in [3.63, 3.8) is 0 Å². The summed E-state index contributed by atoms with van der Waals surface area (Å²) in [6, 6.07) is 21.9. The molecule has 0 aliphatic rings. The Labute approximate surface area is 198 Å². The van der Waals surface area contributed by atoms with E-state index >= 15 is 0 Å². The quantitative estimate of drug-likeness (QED) is 0.296.